The summed E-state index contributed by atoms with van der Waals surface area (Å²) in [4.78, 5) is 36.8. The number of nitrogens with zero attached hydrogens (tertiary/aromatic N) is 1. The first-order valence-electron chi connectivity index (χ1n) is 5.78. The van der Waals surface area contributed by atoms with Gasteiger partial charge in [0, 0.05) is 7.11 Å². The number of amides is 2. The number of ether oxygens (including phenoxy) is 2. The van der Waals surface area contributed by atoms with Gasteiger partial charge in [0.05, 0.1) is 17.7 Å². The number of rotatable bonds is 4. The highest BCUT2D eigenvalue weighted by Crippen LogP contribution is 2.25. The van der Waals surface area contributed by atoms with Crippen molar-refractivity contribution >= 4 is 17.8 Å². The van der Waals surface area contributed by atoms with Crippen molar-refractivity contribution in [1.82, 2.24) is 4.90 Å². The van der Waals surface area contributed by atoms with E-state index in [1.165, 1.54) is 19.2 Å². The molecule has 1 atom stereocenters. The van der Waals surface area contributed by atoms with Gasteiger partial charge in [-0.1, -0.05) is 12.1 Å². The third-order valence-electron chi connectivity index (χ3n) is 2.77. The second kappa shape index (κ2) is 5.19. The molecule has 6 nitrogen and oxygen atoms in total. The summed E-state index contributed by atoms with van der Waals surface area (Å²) < 4.78 is 9.72. The molecule has 1 unspecified atom stereocenters. The Labute approximate surface area is 109 Å². The van der Waals surface area contributed by atoms with E-state index in [0.29, 0.717) is 0 Å². The molecule has 6 heteroatoms. The van der Waals surface area contributed by atoms with Gasteiger partial charge in [-0.3, -0.25) is 9.59 Å². The molecular weight excluding hydrogens is 250 g/mol. The van der Waals surface area contributed by atoms with Gasteiger partial charge in [0.1, 0.15) is 0 Å². The lowest BCUT2D eigenvalue weighted by Crippen LogP contribution is -2.46. The van der Waals surface area contributed by atoms with Crippen molar-refractivity contribution in [2.75, 3.05) is 13.7 Å². The number of imide groups is 1. The van der Waals surface area contributed by atoms with E-state index < -0.39 is 24.0 Å². The minimum atomic E-state index is -1.35. The molecule has 0 bridgehead atoms. The number of hydrogen-bond acceptors (Lipinski definition) is 5. The van der Waals surface area contributed by atoms with Crippen molar-refractivity contribution < 1.29 is 23.9 Å². The number of fused-ring (bicyclic) bond motifs is 1. The zero-order valence-corrected chi connectivity index (χ0v) is 10.6. The van der Waals surface area contributed by atoms with Gasteiger partial charge < -0.3 is 9.47 Å². The number of hydrogen-bond donors (Lipinski definition) is 0. The number of benzene rings is 1. The Hall–Kier alpha value is -2.21. The monoisotopic (exact) mass is 263 g/mol. The van der Waals surface area contributed by atoms with Gasteiger partial charge in [0.15, 0.2) is 0 Å². The summed E-state index contributed by atoms with van der Waals surface area (Å²) in [6, 6.07) is 6.38. The van der Waals surface area contributed by atoms with Gasteiger partial charge in [0.2, 0.25) is 6.23 Å². The van der Waals surface area contributed by atoms with Gasteiger partial charge in [-0.2, -0.15) is 0 Å². The van der Waals surface area contributed by atoms with Crippen LogP contribution in [0, 0.1) is 0 Å². The van der Waals surface area contributed by atoms with Crippen molar-refractivity contribution in [3.05, 3.63) is 35.4 Å². The molecule has 0 N–H and O–H groups in total. The first kappa shape index (κ1) is 13.2. The fourth-order valence-electron chi connectivity index (χ4n) is 1.94. The minimum absolute atomic E-state index is 0.141. The van der Waals surface area contributed by atoms with E-state index in [-0.39, 0.29) is 17.7 Å². The maximum absolute atomic E-state index is 12.1. The van der Waals surface area contributed by atoms with Crippen molar-refractivity contribution in [1.29, 1.82) is 0 Å². The second-order valence-corrected chi connectivity index (χ2v) is 3.87. The van der Waals surface area contributed by atoms with Gasteiger partial charge >= 0.3 is 5.97 Å². The molecule has 2 amide bonds. The largest absolute Gasteiger partial charge is 0.463 e. The van der Waals surface area contributed by atoms with Crippen molar-refractivity contribution in [2.24, 2.45) is 0 Å². The van der Waals surface area contributed by atoms with Crippen LogP contribution in [0.5, 0.6) is 0 Å². The quantitative estimate of drug-likeness (QED) is 0.594. The minimum Gasteiger partial charge on any atom is -0.463 e. The maximum atomic E-state index is 12.1. The highest BCUT2D eigenvalue weighted by atomic mass is 16.6. The maximum Gasteiger partial charge on any atom is 0.357 e. The number of carbonyl (C=O) groups is 3. The molecule has 0 radical (unpaired) electrons. The van der Waals surface area contributed by atoms with Crippen LogP contribution in [0.1, 0.15) is 27.6 Å². The molecule has 1 aromatic rings. The van der Waals surface area contributed by atoms with Crippen LogP contribution in [-0.2, 0) is 14.3 Å². The summed E-state index contributed by atoms with van der Waals surface area (Å²) in [5, 5.41) is 0. The fourth-order valence-corrected chi connectivity index (χ4v) is 1.94. The van der Waals surface area contributed by atoms with E-state index in [1.807, 2.05) is 0 Å². The molecular formula is C13H13NO5. The molecule has 19 heavy (non-hydrogen) atoms. The fraction of sp³-hybridized carbons (Fsp3) is 0.308. The number of carbonyl (C=O) groups excluding carboxylic acids is 3. The lowest BCUT2D eigenvalue weighted by atomic mass is 10.1. The average Bonchev–Trinajstić information content (AvgIpc) is 2.66. The molecule has 0 saturated carbocycles. The third kappa shape index (κ3) is 2.10. The average molecular weight is 263 g/mol. The highest BCUT2D eigenvalue weighted by Gasteiger charge is 2.43. The van der Waals surface area contributed by atoms with E-state index in [2.05, 4.69) is 0 Å². The molecule has 1 aliphatic rings. The van der Waals surface area contributed by atoms with Crippen molar-refractivity contribution in [3.63, 3.8) is 0 Å². The summed E-state index contributed by atoms with van der Waals surface area (Å²) >= 11 is 0. The summed E-state index contributed by atoms with van der Waals surface area (Å²) in [6.07, 6.45) is -1.35. The van der Waals surface area contributed by atoms with Crippen LogP contribution in [0.25, 0.3) is 0 Å². The predicted octanol–water partition coefficient (Wildman–Crippen LogP) is 0.818. The molecule has 0 spiro atoms. The van der Waals surface area contributed by atoms with E-state index in [9.17, 15) is 14.4 Å². The summed E-state index contributed by atoms with van der Waals surface area (Å²) in [7, 11) is 1.24. The van der Waals surface area contributed by atoms with Gasteiger partial charge in [-0.25, -0.2) is 9.69 Å². The van der Waals surface area contributed by atoms with E-state index >= 15 is 0 Å². The second-order valence-electron chi connectivity index (χ2n) is 3.87. The molecule has 0 saturated heterocycles. The number of esters is 1. The van der Waals surface area contributed by atoms with Crippen LogP contribution in [0.4, 0.5) is 0 Å². The molecule has 1 heterocycles. The smallest absolute Gasteiger partial charge is 0.357 e. The van der Waals surface area contributed by atoms with E-state index in [0.717, 1.165) is 4.90 Å². The van der Waals surface area contributed by atoms with Crippen LogP contribution in [0.15, 0.2) is 24.3 Å². The Kier molecular flexibility index (Phi) is 3.62. The van der Waals surface area contributed by atoms with Gasteiger partial charge in [-0.15, -0.1) is 0 Å². The zero-order chi connectivity index (χ0) is 14.0. The van der Waals surface area contributed by atoms with E-state index in [4.69, 9.17) is 9.47 Å². The van der Waals surface area contributed by atoms with E-state index in [1.54, 1.807) is 19.1 Å². The molecule has 0 fully saturated rings. The van der Waals surface area contributed by atoms with Crippen LogP contribution in [0.2, 0.25) is 0 Å². The molecule has 1 aromatic carbocycles. The highest BCUT2D eigenvalue weighted by molar-refractivity contribution is 6.22. The number of methoxy groups -OCH3 is 1. The van der Waals surface area contributed by atoms with Crippen LogP contribution in [-0.4, -0.2) is 42.6 Å². The van der Waals surface area contributed by atoms with Crippen LogP contribution >= 0.6 is 0 Å². The molecule has 100 valence electrons. The lowest BCUT2D eigenvalue weighted by molar-refractivity contribution is -0.162. The van der Waals surface area contributed by atoms with Crippen LogP contribution in [0.3, 0.4) is 0 Å². The van der Waals surface area contributed by atoms with Crippen molar-refractivity contribution in [3.8, 4) is 0 Å². The van der Waals surface area contributed by atoms with Crippen LogP contribution < -0.4 is 0 Å². The first-order valence-corrected chi connectivity index (χ1v) is 5.78. The third-order valence-corrected chi connectivity index (χ3v) is 2.77. The van der Waals surface area contributed by atoms with Gasteiger partial charge in [-0.05, 0) is 19.1 Å². The molecule has 0 aromatic heterocycles. The predicted molar refractivity (Wildman–Crippen MR) is 64.4 cm³/mol. The SMILES string of the molecule is CCOC(=O)C(OC)N1C(=O)c2ccccc2C1=O. The molecule has 0 aliphatic carbocycles. The summed E-state index contributed by atoms with van der Waals surface area (Å²) in [5.41, 5.74) is 0.526. The molecule has 2 rings (SSSR count). The Balaban J connectivity index is 2.35. The standard InChI is InChI=1S/C13H13NO5/c1-3-19-13(17)12(18-2)14-10(15)8-6-4-5-7-9(8)11(14)16/h4-7,12H,3H2,1-2H3. The Morgan fingerprint density at radius 1 is 1.21 bits per heavy atom. The topological polar surface area (TPSA) is 72.9 Å². The Morgan fingerprint density at radius 3 is 2.16 bits per heavy atom. The van der Waals surface area contributed by atoms with Gasteiger partial charge in [0.25, 0.3) is 11.8 Å². The first-order chi connectivity index (χ1) is 9.11. The summed E-state index contributed by atoms with van der Waals surface area (Å²) in [6.45, 7) is 1.77. The normalized spacial score (nSPS) is 15.4. The van der Waals surface area contributed by atoms with Crippen molar-refractivity contribution in [2.45, 2.75) is 13.2 Å². The Bertz CT molecular complexity index is 505. The Morgan fingerprint density at radius 2 is 1.74 bits per heavy atom. The molecule has 1 aliphatic heterocycles. The lowest BCUT2D eigenvalue weighted by Gasteiger charge is -2.22. The zero-order valence-electron chi connectivity index (χ0n) is 10.6. The summed E-state index contributed by atoms with van der Waals surface area (Å²) in [5.74, 6) is -1.87.